The number of alkyl halides is 1. The molecule has 3 aliphatic heterocycles. The Kier molecular flexibility index (Phi) is 9.27. The number of nitrogens with one attached hydrogen (secondary N) is 1. The van der Waals surface area contributed by atoms with E-state index in [4.69, 9.17) is 52.1 Å². The fourth-order valence-electron chi connectivity index (χ4n) is 6.39. The molecule has 2 saturated heterocycles. The smallest absolute Gasteiger partial charge is 0.244 e. The molecule has 6 rings (SSSR count). The molecule has 3 unspecified atom stereocenters. The van der Waals surface area contributed by atoms with E-state index in [0.29, 0.717) is 41.9 Å². The fraction of sp³-hybridized carbons (Fsp3) is 0.455. The molecule has 0 spiro atoms. The van der Waals surface area contributed by atoms with Crippen LogP contribution in [0.4, 0.5) is 0 Å². The largest absolute Gasteiger partial charge is 0.481 e. The minimum absolute atomic E-state index is 0.125. The third-order valence-corrected chi connectivity index (χ3v) is 9.96. The molecule has 10 nitrogen and oxygen atoms in total. The Morgan fingerprint density at radius 2 is 1.69 bits per heavy atom. The van der Waals surface area contributed by atoms with Crippen molar-refractivity contribution in [3.63, 3.8) is 0 Å². The molecule has 240 valence electrons. The van der Waals surface area contributed by atoms with E-state index in [1.807, 2.05) is 54.6 Å². The number of ether oxygens (including phenoxy) is 4. The number of methoxy groups -OCH3 is 4. The number of β-amino-alcohol motifs (C(OH)–C–C–N with tert-alkyl or cyclic N) is 1. The third-order valence-electron chi connectivity index (χ3n) is 9.05. The zero-order chi connectivity index (χ0) is 31.8. The van der Waals surface area contributed by atoms with E-state index in [9.17, 15) is 5.11 Å². The number of allylic oxidation sites excluding steroid dienone is 4. The number of aromatic nitrogens is 1. The molecule has 4 aliphatic rings. The second kappa shape index (κ2) is 13.0. The van der Waals surface area contributed by atoms with Gasteiger partial charge in [0.1, 0.15) is 0 Å². The maximum absolute atomic E-state index is 11.7. The molecule has 0 saturated carbocycles. The molecule has 2 aromatic rings. The summed E-state index contributed by atoms with van der Waals surface area (Å²) >= 11 is 14.2. The van der Waals surface area contributed by atoms with E-state index in [2.05, 4.69) is 15.1 Å². The van der Waals surface area contributed by atoms with Crippen molar-refractivity contribution in [2.75, 3.05) is 61.2 Å². The second-order valence-electron chi connectivity index (χ2n) is 11.8. The van der Waals surface area contributed by atoms with Crippen LogP contribution in [-0.2, 0) is 26.2 Å². The molecule has 1 aromatic carbocycles. The first-order chi connectivity index (χ1) is 21.7. The summed E-state index contributed by atoms with van der Waals surface area (Å²) in [7, 11) is 6.54. The summed E-state index contributed by atoms with van der Waals surface area (Å²) in [6.07, 6.45) is 7.98. The predicted molar refractivity (Wildman–Crippen MR) is 175 cm³/mol. The molecule has 0 amide bonds. The third kappa shape index (κ3) is 5.89. The summed E-state index contributed by atoms with van der Waals surface area (Å²) in [5, 5.41) is 14.8. The molecule has 4 heterocycles. The number of likely N-dealkylation sites (tertiary alicyclic amines) is 2. The molecule has 1 aromatic heterocycles. The number of rotatable bonds is 10. The van der Waals surface area contributed by atoms with E-state index >= 15 is 0 Å². The first kappa shape index (κ1) is 32.0. The quantitative estimate of drug-likeness (QED) is 0.372. The van der Waals surface area contributed by atoms with Gasteiger partial charge in [0.25, 0.3) is 0 Å². The highest BCUT2D eigenvalue weighted by Crippen LogP contribution is 2.49. The van der Waals surface area contributed by atoms with Crippen LogP contribution in [0.1, 0.15) is 16.8 Å². The maximum atomic E-state index is 11.7. The summed E-state index contributed by atoms with van der Waals surface area (Å²) in [5.41, 5.74) is 1.07. The number of halogens is 2. The van der Waals surface area contributed by atoms with Gasteiger partial charge in [-0.3, -0.25) is 9.80 Å². The summed E-state index contributed by atoms with van der Waals surface area (Å²) in [4.78, 5) is 14.3. The SMILES string of the molecule is COC1=NC(C2(c3ccc(CN4CC(OC)C4)c(OC)n3)C=CC=C(c3ccccc3Cl)C2Cl)=CNC1(O)CN1CC(OC)C1. The van der Waals surface area contributed by atoms with Crippen molar-refractivity contribution < 1.29 is 24.1 Å². The van der Waals surface area contributed by atoms with Crippen molar-refractivity contribution >= 4 is 34.7 Å². The van der Waals surface area contributed by atoms with Crippen molar-refractivity contribution in [2.24, 2.45) is 4.99 Å². The average Bonchev–Trinajstić information content (AvgIpc) is 3.01. The van der Waals surface area contributed by atoms with Crippen LogP contribution < -0.4 is 10.1 Å². The molecule has 45 heavy (non-hydrogen) atoms. The van der Waals surface area contributed by atoms with Gasteiger partial charge in [-0.2, -0.15) is 0 Å². The van der Waals surface area contributed by atoms with Crippen molar-refractivity contribution in [3.8, 4) is 5.88 Å². The number of pyridine rings is 1. The first-order valence-electron chi connectivity index (χ1n) is 14.9. The van der Waals surface area contributed by atoms with Crippen molar-refractivity contribution in [1.82, 2.24) is 20.1 Å². The van der Waals surface area contributed by atoms with Crippen LogP contribution in [0, 0.1) is 0 Å². The number of benzene rings is 1. The highest BCUT2D eigenvalue weighted by atomic mass is 35.5. The van der Waals surface area contributed by atoms with Gasteiger partial charge in [0, 0.05) is 63.7 Å². The van der Waals surface area contributed by atoms with Crippen molar-refractivity contribution in [3.05, 3.63) is 88.4 Å². The minimum atomic E-state index is -1.55. The topological polar surface area (TPSA) is 101 Å². The molecule has 12 heteroatoms. The standard InChI is InChI=1S/C33H39Cl2N5O5/c1-42-22-16-39(17-22)15-21-11-12-27(37-30(21)44-3)32(13-7-9-25(29(32)35)24-8-5-6-10-26(24)34)28-14-36-33(41,31(38-28)45-4)20-40-18-23(19-40)43-2/h5-14,22-23,29,36,41H,15-20H2,1-4H3. The number of hydrogen-bond donors (Lipinski definition) is 2. The number of aliphatic hydroxyl groups is 1. The molecule has 0 bridgehead atoms. The molecular weight excluding hydrogens is 617 g/mol. The summed E-state index contributed by atoms with van der Waals surface area (Å²) in [6.45, 7) is 4.05. The lowest BCUT2D eigenvalue weighted by molar-refractivity contribution is -0.0660. The van der Waals surface area contributed by atoms with Gasteiger partial charge in [0.2, 0.25) is 17.5 Å². The Hall–Kier alpha value is -2.96. The highest BCUT2D eigenvalue weighted by Gasteiger charge is 2.50. The van der Waals surface area contributed by atoms with Crippen LogP contribution in [-0.4, -0.2) is 110 Å². The highest BCUT2D eigenvalue weighted by molar-refractivity contribution is 6.34. The molecule has 3 atom stereocenters. The van der Waals surface area contributed by atoms with Gasteiger partial charge < -0.3 is 29.4 Å². The van der Waals surface area contributed by atoms with Crippen LogP contribution in [0.15, 0.2) is 71.5 Å². The van der Waals surface area contributed by atoms with Gasteiger partial charge in [0.05, 0.1) is 55.2 Å². The van der Waals surface area contributed by atoms with Gasteiger partial charge in [-0.15, -0.1) is 11.6 Å². The van der Waals surface area contributed by atoms with Crippen LogP contribution in [0.2, 0.25) is 5.02 Å². The van der Waals surface area contributed by atoms with Crippen LogP contribution in [0.25, 0.3) is 5.57 Å². The Balaban J connectivity index is 1.40. The van der Waals surface area contributed by atoms with Gasteiger partial charge in [-0.25, -0.2) is 9.98 Å². The maximum Gasteiger partial charge on any atom is 0.244 e. The number of nitrogens with zero attached hydrogens (tertiary/aromatic N) is 4. The van der Waals surface area contributed by atoms with Crippen molar-refractivity contribution in [2.45, 2.75) is 35.3 Å². The van der Waals surface area contributed by atoms with Gasteiger partial charge in [-0.05, 0) is 23.3 Å². The molecule has 2 fully saturated rings. The molecule has 1 aliphatic carbocycles. The lowest BCUT2D eigenvalue weighted by atomic mass is 9.71. The van der Waals surface area contributed by atoms with Crippen LogP contribution >= 0.6 is 23.2 Å². The zero-order valence-corrected chi connectivity index (χ0v) is 27.4. The molecule has 0 radical (unpaired) electrons. The summed E-state index contributed by atoms with van der Waals surface area (Å²) < 4.78 is 22.4. The zero-order valence-electron chi connectivity index (χ0n) is 25.9. The fourth-order valence-corrected chi connectivity index (χ4v) is 7.12. The van der Waals surface area contributed by atoms with Crippen LogP contribution in [0.5, 0.6) is 5.88 Å². The van der Waals surface area contributed by atoms with Gasteiger partial charge in [0.15, 0.2) is 0 Å². The lowest BCUT2D eigenvalue weighted by Crippen LogP contribution is -2.64. The normalized spacial score (nSPS) is 27.5. The van der Waals surface area contributed by atoms with Gasteiger partial charge >= 0.3 is 0 Å². The Labute approximate surface area is 273 Å². The first-order valence-corrected chi connectivity index (χ1v) is 15.7. The Bertz CT molecular complexity index is 1540. The van der Waals surface area contributed by atoms with E-state index in [-0.39, 0.29) is 24.7 Å². The Morgan fingerprint density at radius 3 is 2.36 bits per heavy atom. The summed E-state index contributed by atoms with van der Waals surface area (Å²) in [5.74, 6) is 0.626. The number of hydrogen-bond acceptors (Lipinski definition) is 10. The predicted octanol–water partition coefficient (Wildman–Crippen LogP) is 3.58. The van der Waals surface area contributed by atoms with E-state index < -0.39 is 16.5 Å². The summed E-state index contributed by atoms with van der Waals surface area (Å²) in [6, 6.07) is 11.6. The van der Waals surface area contributed by atoms with E-state index in [1.54, 1.807) is 27.5 Å². The van der Waals surface area contributed by atoms with Crippen molar-refractivity contribution in [1.29, 1.82) is 0 Å². The molecular formula is C33H39Cl2N5O5. The lowest BCUT2D eigenvalue weighted by Gasteiger charge is -2.45. The number of aliphatic imine (C=N–C) groups is 1. The van der Waals surface area contributed by atoms with E-state index in [1.165, 1.54) is 7.11 Å². The monoisotopic (exact) mass is 655 g/mol. The van der Waals surface area contributed by atoms with Gasteiger partial charge in [-0.1, -0.05) is 54.1 Å². The van der Waals surface area contributed by atoms with Crippen LogP contribution in [0.3, 0.4) is 0 Å². The average molecular weight is 657 g/mol. The Morgan fingerprint density at radius 1 is 0.978 bits per heavy atom. The second-order valence-corrected chi connectivity index (χ2v) is 12.7. The minimum Gasteiger partial charge on any atom is -0.481 e. The molecule has 2 N–H and O–H groups in total. The van der Waals surface area contributed by atoms with E-state index in [0.717, 1.165) is 29.8 Å².